The summed E-state index contributed by atoms with van der Waals surface area (Å²) in [6.45, 7) is 3.48. The molecule has 0 saturated heterocycles. The van der Waals surface area contributed by atoms with Crippen molar-refractivity contribution < 1.29 is 9.50 Å². The van der Waals surface area contributed by atoms with Crippen LogP contribution in [0.3, 0.4) is 0 Å². The molecular formula is C22H18ClFN2O. The second-order valence-corrected chi connectivity index (χ2v) is 7.48. The topological polar surface area (TPSA) is 37.5 Å². The molecular weight excluding hydrogens is 363 g/mol. The summed E-state index contributed by atoms with van der Waals surface area (Å²) in [6, 6.07) is 18.2. The Morgan fingerprint density at radius 2 is 1.67 bits per heavy atom. The molecule has 1 N–H and O–H groups in total. The average molecular weight is 381 g/mol. The summed E-state index contributed by atoms with van der Waals surface area (Å²) in [5.41, 5.74) is 3.08. The third-order valence-corrected chi connectivity index (χ3v) is 4.83. The standard InChI is InChI=1S/C22H18ClFN2O/c1-22(2,27)17-5-3-4-15(12-17)16-8-11-19-25-20(21(24)26(19)13-16)14-6-9-18(23)10-7-14/h3-13,27H,1-2H3. The number of fused-ring (bicyclic) bond motifs is 1. The van der Waals surface area contributed by atoms with Gasteiger partial charge in [-0.05, 0) is 60.9 Å². The molecule has 0 aliphatic heterocycles. The molecule has 0 fully saturated rings. The lowest BCUT2D eigenvalue weighted by molar-refractivity contribution is 0.0786. The van der Waals surface area contributed by atoms with Gasteiger partial charge < -0.3 is 5.11 Å². The van der Waals surface area contributed by atoms with E-state index in [1.165, 1.54) is 4.40 Å². The van der Waals surface area contributed by atoms with Crippen LogP contribution in [0.2, 0.25) is 5.02 Å². The minimum atomic E-state index is -0.942. The first-order valence-electron chi connectivity index (χ1n) is 8.60. The SMILES string of the molecule is CC(C)(O)c1cccc(-c2ccc3nc(-c4ccc(Cl)cc4)c(F)n3c2)c1. The molecule has 5 heteroatoms. The highest BCUT2D eigenvalue weighted by Gasteiger charge is 2.17. The first-order chi connectivity index (χ1) is 12.8. The zero-order valence-electron chi connectivity index (χ0n) is 14.9. The van der Waals surface area contributed by atoms with Gasteiger partial charge in [-0.25, -0.2) is 4.98 Å². The van der Waals surface area contributed by atoms with Gasteiger partial charge in [-0.3, -0.25) is 4.40 Å². The molecule has 0 bridgehead atoms. The molecule has 4 aromatic rings. The van der Waals surface area contributed by atoms with Crippen molar-refractivity contribution in [3.8, 4) is 22.4 Å². The Hall–Kier alpha value is -2.69. The number of halogens is 2. The summed E-state index contributed by atoms with van der Waals surface area (Å²) in [4.78, 5) is 4.41. The van der Waals surface area contributed by atoms with Crippen LogP contribution in [0.25, 0.3) is 28.0 Å². The number of imidazole rings is 1. The fourth-order valence-electron chi connectivity index (χ4n) is 3.06. The first-order valence-corrected chi connectivity index (χ1v) is 8.97. The molecule has 2 aromatic heterocycles. The summed E-state index contributed by atoms with van der Waals surface area (Å²) in [6.07, 6.45) is 1.72. The normalized spacial score (nSPS) is 11.9. The number of pyridine rings is 1. The predicted molar refractivity (Wildman–Crippen MR) is 106 cm³/mol. The number of aliphatic hydroxyl groups is 1. The van der Waals surface area contributed by atoms with Gasteiger partial charge in [-0.15, -0.1) is 0 Å². The van der Waals surface area contributed by atoms with Crippen molar-refractivity contribution in [3.05, 3.63) is 83.4 Å². The Labute approximate surface area is 161 Å². The molecule has 3 nitrogen and oxygen atoms in total. The quantitative estimate of drug-likeness (QED) is 0.496. The molecule has 0 aliphatic carbocycles. The highest BCUT2D eigenvalue weighted by Crippen LogP contribution is 2.29. The maximum absolute atomic E-state index is 15.0. The van der Waals surface area contributed by atoms with E-state index < -0.39 is 11.5 Å². The van der Waals surface area contributed by atoms with E-state index in [1.807, 2.05) is 30.3 Å². The number of nitrogens with zero attached hydrogens (tertiary/aromatic N) is 2. The molecule has 2 heterocycles. The molecule has 2 aromatic carbocycles. The van der Waals surface area contributed by atoms with Crippen molar-refractivity contribution in [2.24, 2.45) is 0 Å². The van der Waals surface area contributed by atoms with E-state index in [0.717, 1.165) is 16.7 Å². The second-order valence-electron chi connectivity index (χ2n) is 7.04. The Morgan fingerprint density at radius 1 is 0.963 bits per heavy atom. The Balaban J connectivity index is 1.81. The van der Waals surface area contributed by atoms with Crippen LogP contribution in [-0.2, 0) is 5.60 Å². The van der Waals surface area contributed by atoms with Crippen molar-refractivity contribution >= 4 is 17.2 Å². The third-order valence-electron chi connectivity index (χ3n) is 4.58. The molecule has 0 radical (unpaired) electrons. The second kappa shape index (κ2) is 6.48. The van der Waals surface area contributed by atoms with E-state index >= 15 is 4.39 Å². The first kappa shape index (κ1) is 17.7. The van der Waals surface area contributed by atoms with Crippen molar-refractivity contribution in [3.63, 3.8) is 0 Å². The van der Waals surface area contributed by atoms with Crippen LogP contribution in [0.5, 0.6) is 0 Å². The highest BCUT2D eigenvalue weighted by atomic mass is 35.5. The van der Waals surface area contributed by atoms with Gasteiger partial charge in [0.05, 0.1) is 5.60 Å². The Bertz CT molecular complexity index is 1130. The lowest BCUT2D eigenvalue weighted by atomic mass is 9.95. The number of hydrogen-bond acceptors (Lipinski definition) is 2. The van der Waals surface area contributed by atoms with Crippen LogP contribution in [0.15, 0.2) is 66.9 Å². The minimum absolute atomic E-state index is 0.286. The van der Waals surface area contributed by atoms with Crippen LogP contribution in [0.4, 0.5) is 4.39 Å². The Morgan fingerprint density at radius 3 is 2.37 bits per heavy atom. The van der Waals surface area contributed by atoms with Crippen LogP contribution in [-0.4, -0.2) is 14.5 Å². The van der Waals surface area contributed by atoms with Gasteiger partial charge in [0.2, 0.25) is 5.95 Å². The van der Waals surface area contributed by atoms with Crippen LogP contribution in [0, 0.1) is 5.95 Å². The zero-order chi connectivity index (χ0) is 19.2. The summed E-state index contributed by atoms with van der Waals surface area (Å²) in [5, 5.41) is 10.8. The number of benzene rings is 2. The van der Waals surface area contributed by atoms with Gasteiger partial charge in [0.15, 0.2) is 0 Å². The lowest BCUT2D eigenvalue weighted by Crippen LogP contribution is -2.15. The van der Waals surface area contributed by atoms with Gasteiger partial charge in [0.1, 0.15) is 11.3 Å². The molecule has 0 unspecified atom stereocenters. The molecule has 27 heavy (non-hydrogen) atoms. The highest BCUT2D eigenvalue weighted by molar-refractivity contribution is 6.30. The summed E-state index contributed by atoms with van der Waals surface area (Å²) in [7, 11) is 0. The summed E-state index contributed by atoms with van der Waals surface area (Å²) in [5.74, 6) is -0.423. The molecule has 0 amide bonds. The van der Waals surface area contributed by atoms with E-state index in [0.29, 0.717) is 16.2 Å². The third kappa shape index (κ3) is 3.34. The molecule has 0 aliphatic rings. The van der Waals surface area contributed by atoms with Crippen molar-refractivity contribution in [2.75, 3.05) is 0 Å². The van der Waals surface area contributed by atoms with E-state index in [4.69, 9.17) is 11.6 Å². The molecule has 0 spiro atoms. The zero-order valence-corrected chi connectivity index (χ0v) is 15.7. The smallest absolute Gasteiger partial charge is 0.226 e. The van der Waals surface area contributed by atoms with Gasteiger partial charge in [-0.1, -0.05) is 41.9 Å². The van der Waals surface area contributed by atoms with E-state index in [9.17, 15) is 5.11 Å². The van der Waals surface area contributed by atoms with Crippen molar-refractivity contribution in [1.29, 1.82) is 0 Å². The van der Waals surface area contributed by atoms with E-state index in [-0.39, 0.29) is 5.69 Å². The van der Waals surface area contributed by atoms with Gasteiger partial charge in [-0.2, -0.15) is 4.39 Å². The van der Waals surface area contributed by atoms with E-state index in [2.05, 4.69) is 4.98 Å². The maximum Gasteiger partial charge on any atom is 0.226 e. The monoisotopic (exact) mass is 380 g/mol. The van der Waals surface area contributed by atoms with Crippen molar-refractivity contribution in [1.82, 2.24) is 9.38 Å². The Kier molecular flexibility index (Phi) is 4.25. The van der Waals surface area contributed by atoms with Gasteiger partial charge >= 0.3 is 0 Å². The molecule has 0 atom stereocenters. The maximum atomic E-state index is 15.0. The molecule has 4 rings (SSSR count). The fraction of sp³-hybridized carbons (Fsp3) is 0.136. The van der Waals surface area contributed by atoms with Crippen LogP contribution < -0.4 is 0 Å². The lowest BCUT2D eigenvalue weighted by Gasteiger charge is -2.18. The van der Waals surface area contributed by atoms with Crippen LogP contribution in [0.1, 0.15) is 19.4 Å². The minimum Gasteiger partial charge on any atom is -0.386 e. The average Bonchev–Trinajstić information content (AvgIpc) is 2.98. The molecule has 0 saturated carbocycles. The summed E-state index contributed by atoms with van der Waals surface area (Å²) >= 11 is 5.91. The summed E-state index contributed by atoms with van der Waals surface area (Å²) < 4.78 is 16.4. The van der Waals surface area contributed by atoms with E-state index in [1.54, 1.807) is 50.4 Å². The fourth-order valence-corrected chi connectivity index (χ4v) is 3.18. The van der Waals surface area contributed by atoms with Crippen LogP contribution >= 0.6 is 11.6 Å². The predicted octanol–water partition coefficient (Wildman–Crippen LogP) is 5.69. The van der Waals surface area contributed by atoms with Gasteiger partial charge in [0, 0.05) is 16.8 Å². The molecule has 136 valence electrons. The largest absolute Gasteiger partial charge is 0.386 e. The number of rotatable bonds is 3. The van der Waals surface area contributed by atoms with Crippen molar-refractivity contribution in [2.45, 2.75) is 19.4 Å². The van der Waals surface area contributed by atoms with Gasteiger partial charge in [0.25, 0.3) is 0 Å². The number of hydrogen-bond donors (Lipinski definition) is 1. The number of aromatic nitrogens is 2.